The largest absolute Gasteiger partial charge is 0.379 e. The van der Waals surface area contributed by atoms with Crippen LogP contribution >= 0.6 is 0 Å². The van der Waals surface area contributed by atoms with Crippen LogP contribution in [0.1, 0.15) is 11.3 Å². The highest BCUT2D eigenvalue weighted by atomic mass is 16.5. The summed E-state index contributed by atoms with van der Waals surface area (Å²) in [4.78, 5) is 17.1. The maximum absolute atomic E-state index is 12.7. The number of pyridine rings is 1. The SMILES string of the molecule is O=C(Cc1noc2ccccc12)N[C@H]1COC[C@H]1Cc1ccnc2ccccc12. The van der Waals surface area contributed by atoms with Crippen molar-refractivity contribution in [2.24, 2.45) is 5.92 Å². The number of aromatic nitrogens is 2. The van der Waals surface area contributed by atoms with Gasteiger partial charge in [-0.2, -0.15) is 0 Å². The lowest BCUT2D eigenvalue weighted by Gasteiger charge is -2.19. The second-order valence-electron chi connectivity index (χ2n) is 7.47. The van der Waals surface area contributed by atoms with E-state index in [1.807, 2.05) is 48.7 Å². The summed E-state index contributed by atoms with van der Waals surface area (Å²) in [6.07, 6.45) is 2.87. The van der Waals surface area contributed by atoms with E-state index in [9.17, 15) is 4.79 Å². The van der Waals surface area contributed by atoms with Gasteiger partial charge in [-0.05, 0) is 36.2 Å². The van der Waals surface area contributed by atoms with Crippen molar-refractivity contribution in [1.82, 2.24) is 15.5 Å². The molecule has 4 aromatic rings. The van der Waals surface area contributed by atoms with Crippen LogP contribution < -0.4 is 5.32 Å². The van der Waals surface area contributed by atoms with Crippen molar-refractivity contribution in [3.8, 4) is 0 Å². The van der Waals surface area contributed by atoms with Gasteiger partial charge in [0.25, 0.3) is 0 Å². The summed E-state index contributed by atoms with van der Waals surface area (Å²) in [5.74, 6) is 0.156. The average molecular weight is 387 g/mol. The molecule has 29 heavy (non-hydrogen) atoms. The van der Waals surface area contributed by atoms with Crippen LogP contribution in [0.15, 0.2) is 65.3 Å². The van der Waals surface area contributed by atoms with E-state index in [0.717, 1.165) is 22.7 Å². The molecular weight excluding hydrogens is 366 g/mol. The molecule has 1 N–H and O–H groups in total. The van der Waals surface area contributed by atoms with Crippen molar-refractivity contribution in [1.29, 1.82) is 0 Å². The Labute approximate surface area is 167 Å². The van der Waals surface area contributed by atoms with Gasteiger partial charge in [0.2, 0.25) is 5.91 Å². The number of nitrogens with zero attached hydrogens (tertiary/aromatic N) is 2. The molecule has 0 radical (unpaired) electrons. The van der Waals surface area contributed by atoms with Crippen LogP contribution in [0, 0.1) is 5.92 Å². The highest BCUT2D eigenvalue weighted by Gasteiger charge is 2.30. The third-order valence-corrected chi connectivity index (χ3v) is 5.55. The van der Waals surface area contributed by atoms with Crippen molar-refractivity contribution in [3.63, 3.8) is 0 Å². The van der Waals surface area contributed by atoms with Crippen LogP contribution in [-0.4, -0.2) is 35.3 Å². The van der Waals surface area contributed by atoms with E-state index in [1.54, 1.807) is 0 Å². The van der Waals surface area contributed by atoms with Crippen molar-refractivity contribution >= 4 is 27.8 Å². The van der Waals surface area contributed by atoms with Gasteiger partial charge >= 0.3 is 0 Å². The molecule has 0 saturated carbocycles. The van der Waals surface area contributed by atoms with Crippen molar-refractivity contribution in [3.05, 3.63) is 72.1 Å². The van der Waals surface area contributed by atoms with Gasteiger partial charge < -0.3 is 14.6 Å². The Balaban J connectivity index is 1.29. The molecule has 0 unspecified atom stereocenters. The molecule has 146 valence electrons. The minimum absolute atomic E-state index is 0.0207. The fraction of sp³-hybridized carbons (Fsp3) is 0.261. The Kier molecular flexibility index (Phi) is 4.69. The summed E-state index contributed by atoms with van der Waals surface area (Å²) in [6, 6.07) is 17.8. The number of ether oxygens (including phenoxy) is 1. The molecule has 6 heteroatoms. The van der Waals surface area contributed by atoms with E-state index in [1.165, 1.54) is 5.56 Å². The molecule has 0 spiro atoms. The standard InChI is InChI=1S/C23H21N3O3/c27-23(12-20-18-6-2-4-8-22(18)29-26-20)25-21-14-28-13-16(21)11-15-9-10-24-19-7-3-1-5-17(15)19/h1-10,16,21H,11-14H2,(H,25,27)/t16-,21+/m1/s1. The molecule has 1 amide bonds. The Morgan fingerprint density at radius 2 is 1.86 bits per heavy atom. The highest BCUT2D eigenvalue weighted by Crippen LogP contribution is 2.24. The number of hydrogen-bond acceptors (Lipinski definition) is 5. The predicted octanol–water partition coefficient (Wildman–Crippen LogP) is 3.29. The van der Waals surface area contributed by atoms with Gasteiger partial charge in [0.05, 0.1) is 31.2 Å². The van der Waals surface area contributed by atoms with Gasteiger partial charge in [-0.3, -0.25) is 9.78 Å². The van der Waals surface area contributed by atoms with Gasteiger partial charge in [-0.1, -0.05) is 35.5 Å². The lowest BCUT2D eigenvalue weighted by atomic mass is 9.93. The summed E-state index contributed by atoms with van der Waals surface area (Å²) in [6.45, 7) is 1.16. The molecule has 3 heterocycles. The molecule has 1 aliphatic rings. The number of hydrogen-bond donors (Lipinski definition) is 1. The lowest BCUT2D eigenvalue weighted by Crippen LogP contribution is -2.41. The van der Waals surface area contributed by atoms with Crippen LogP contribution in [0.3, 0.4) is 0 Å². The average Bonchev–Trinajstić information content (AvgIpc) is 3.35. The molecule has 1 fully saturated rings. The van der Waals surface area contributed by atoms with Gasteiger partial charge in [0.15, 0.2) is 5.58 Å². The molecule has 0 aliphatic carbocycles. The molecule has 2 atom stereocenters. The molecular formula is C23H21N3O3. The zero-order chi connectivity index (χ0) is 19.6. The van der Waals surface area contributed by atoms with Gasteiger partial charge in [0, 0.05) is 22.9 Å². The Hall–Kier alpha value is -3.25. The van der Waals surface area contributed by atoms with Crippen LogP contribution in [0.25, 0.3) is 21.9 Å². The summed E-state index contributed by atoms with van der Waals surface area (Å²) < 4.78 is 11.0. The first-order chi connectivity index (χ1) is 14.3. The second kappa shape index (κ2) is 7.64. The van der Waals surface area contributed by atoms with Gasteiger partial charge in [-0.25, -0.2) is 0 Å². The third kappa shape index (κ3) is 3.59. The zero-order valence-corrected chi connectivity index (χ0v) is 15.9. The number of carbonyl (C=O) groups excluding carboxylic acids is 1. The van der Waals surface area contributed by atoms with Crippen molar-refractivity contribution in [2.75, 3.05) is 13.2 Å². The molecule has 1 aliphatic heterocycles. The second-order valence-corrected chi connectivity index (χ2v) is 7.47. The number of amides is 1. The molecule has 2 aromatic carbocycles. The number of para-hydroxylation sites is 2. The van der Waals surface area contributed by atoms with E-state index in [2.05, 4.69) is 27.6 Å². The maximum atomic E-state index is 12.7. The Bertz CT molecular complexity index is 1160. The predicted molar refractivity (Wildman–Crippen MR) is 109 cm³/mol. The van der Waals surface area contributed by atoms with E-state index in [-0.39, 0.29) is 24.3 Å². The van der Waals surface area contributed by atoms with Gasteiger partial charge in [0.1, 0.15) is 5.69 Å². The molecule has 5 rings (SSSR count). The first kappa shape index (κ1) is 17.8. The number of rotatable bonds is 5. The smallest absolute Gasteiger partial charge is 0.226 e. The number of carbonyl (C=O) groups is 1. The minimum atomic E-state index is -0.0656. The summed E-state index contributed by atoms with van der Waals surface area (Å²) in [5, 5.41) is 9.23. The van der Waals surface area contributed by atoms with E-state index >= 15 is 0 Å². The summed E-state index contributed by atoms with van der Waals surface area (Å²) in [5.41, 5.74) is 3.57. The van der Waals surface area contributed by atoms with E-state index in [4.69, 9.17) is 9.26 Å². The molecule has 2 aromatic heterocycles. The Morgan fingerprint density at radius 1 is 1.03 bits per heavy atom. The van der Waals surface area contributed by atoms with Crippen molar-refractivity contribution < 1.29 is 14.1 Å². The third-order valence-electron chi connectivity index (χ3n) is 5.55. The van der Waals surface area contributed by atoms with E-state index < -0.39 is 0 Å². The van der Waals surface area contributed by atoms with Crippen molar-refractivity contribution in [2.45, 2.75) is 18.9 Å². The van der Waals surface area contributed by atoms with Crippen LogP contribution in [0.2, 0.25) is 0 Å². The van der Waals surface area contributed by atoms with Gasteiger partial charge in [-0.15, -0.1) is 0 Å². The van der Waals surface area contributed by atoms with Crippen LogP contribution in [0.4, 0.5) is 0 Å². The normalized spacial score (nSPS) is 19.0. The molecule has 0 bridgehead atoms. The fourth-order valence-corrected chi connectivity index (χ4v) is 4.05. The monoisotopic (exact) mass is 387 g/mol. The minimum Gasteiger partial charge on any atom is -0.379 e. The van der Waals surface area contributed by atoms with Crippen LogP contribution in [0.5, 0.6) is 0 Å². The maximum Gasteiger partial charge on any atom is 0.226 e. The lowest BCUT2D eigenvalue weighted by molar-refractivity contribution is -0.121. The Morgan fingerprint density at radius 3 is 2.79 bits per heavy atom. The first-order valence-corrected chi connectivity index (χ1v) is 9.81. The first-order valence-electron chi connectivity index (χ1n) is 9.81. The molecule has 1 saturated heterocycles. The zero-order valence-electron chi connectivity index (χ0n) is 15.9. The number of fused-ring (bicyclic) bond motifs is 2. The number of nitrogens with one attached hydrogen (secondary N) is 1. The quantitative estimate of drug-likeness (QED) is 0.569. The molecule has 6 nitrogen and oxygen atoms in total. The number of benzene rings is 2. The fourth-order valence-electron chi connectivity index (χ4n) is 4.05. The highest BCUT2D eigenvalue weighted by molar-refractivity contribution is 5.86. The summed E-state index contributed by atoms with van der Waals surface area (Å²) >= 11 is 0. The topological polar surface area (TPSA) is 77.2 Å². The van der Waals surface area contributed by atoms with E-state index in [0.29, 0.717) is 24.5 Å². The summed E-state index contributed by atoms with van der Waals surface area (Å²) in [7, 11) is 0. The van der Waals surface area contributed by atoms with Crippen LogP contribution in [-0.2, 0) is 22.4 Å².